The molecule has 0 saturated carbocycles. The molecular weight excluding hydrogens is 234 g/mol. The molecule has 0 saturated heterocycles. The molecule has 0 aromatic heterocycles. The average Bonchev–Trinajstić information content (AvgIpc) is 2.37. The van der Waals surface area contributed by atoms with E-state index in [2.05, 4.69) is 31.8 Å². The van der Waals surface area contributed by atoms with Crippen molar-refractivity contribution in [1.82, 2.24) is 5.32 Å². The second-order valence-electron chi connectivity index (χ2n) is 5.39. The third-order valence-electron chi connectivity index (χ3n) is 3.22. The Bertz CT molecular complexity index is 292. The van der Waals surface area contributed by atoms with E-state index in [-0.39, 0.29) is 5.91 Å². The Labute approximate surface area is 119 Å². The van der Waals surface area contributed by atoms with Crippen LogP contribution in [0.15, 0.2) is 23.8 Å². The first-order valence-electron chi connectivity index (χ1n) is 7.67. The second-order valence-corrected chi connectivity index (χ2v) is 5.39. The highest BCUT2D eigenvalue weighted by Gasteiger charge is 1.99. The number of rotatable bonds is 11. The molecule has 110 valence electrons. The van der Waals surface area contributed by atoms with Gasteiger partial charge in [0.15, 0.2) is 0 Å². The molecule has 0 heterocycles. The van der Waals surface area contributed by atoms with Crippen LogP contribution in [0.5, 0.6) is 0 Å². The number of hydrogen-bond donors (Lipinski definition) is 1. The molecule has 2 heteroatoms. The monoisotopic (exact) mass is 265 g/mol. The summed E-state index contributed by atoms with van der Waals surface area (Å²) < 4.78 is 0. The van der Waals surface area contributed by atoms with Gasteiger partial charge < -0.3 is 5.32 Å². The molecule has 0 aromatic carbocycles. The Balaban J connectivity index is 3.41. The molecule has 0 aliphatic heterocycles. The van der Waals surface area contributed by atoms with Crippen LogP contribution in [0.4, 0.5) is 0 Å². The van der Waals surface area contributed by atoms with Crippen molar-refractivity contribution in [3.8, 4) is 0 Å². The largest absolute Gasteiger partial charge is 0.352 e. The molecule has 0 fully saturated rings. The van der Waals surface area contributed by atoms with Crippen molar-refractivity contribution in [2.24, 2.45) is 0 Å². The lowest BCUT2D eigenvalue weighted by molar-refractivity contribution is -0.117. The fourth-order valence-corrected chi connectivity index (χ4v) is 1.90. The Morgan fingerprint density at radius 1 is 1.11 bits per heavy atom. The van der Waals surface area contributed by atoms with Crippen molar-refractivity contribution in [2.45, 2.75) is 72.1 Å². The minimum atomic E-state index is -0.0216. The van der Waals surface area contributed by atoms with Crippen LogP contribution in [0.3, 0.4) is 0 Å². The number of nitrogens with one attached hydrogen (secondary N) is 1. The van der Waals surface area contributed by atoms with Gasteiger partial charge in [-0.05, 0) is 46.0 Å². The van der Waals surface area contributed by atoms with Gasteiger partial charge in [0.2, 0.25) is 5.91 Å². The van der Waals surface area contributed by atoms with E-state index >= 15 is 0 Å². The Hall–Kier alpha value is -1.05. The first kappa shape index (κ1) is 17.9. The van der Waals surface area contributed by atoms with Gasteiger partial charge in [-0.2, -0.15) is 0 Å². The summed E-state index contributed by atoms with van der Waals surface area (Å²) in [7, 11) is 0. The van der Waals surface area contributed by atoms with Gasteiger partial charge in [-0.1, -0.05) is 44.4 Å². The van der Waals surface area contributed by atoms with Crippen molar-refractivity contribution in [1.29, 1.82) is 0 Å². The lowest BCUT2D eigenvalue weighted by Gasteiger charge is -2.04. The van der Waals surface area contributed by atoms with E-state index in [4.69, 9.17) is 0 Å². The normalized spacial score (nSPS) is 11.4. The smallest absolute Gasteiger partial charge is 0.246 e. The molecule has 0 aromatic rings. The predicted molar refractivity (Wildman–Crippen MR) is 84.2 cm³/mol. The number of carbonyl (C=O) groups is 1. The lowest BCUT2D eigenvalue weighted by atomic mass is 10.1. The summed E-state index contributed by atoms with van der Waals surface area (Å²) in [5.41, 5.74) is 2.12. The summed E-state index contributed by atoms with van der Waals surface area (Å²) in [6, 6.07) is 0. The van der Waals surface area contributed by atoms with Gasteiger partial charge in [0.1, 0.15) is 0 Å². The standard InChI is InChI=1S/C17H31NO/c1-5-6-9-12-16(4)13-10-7-8-11-14-18-17(19)15(2)3/h13H,2,5-12,14H2,1,3-4H3,(H,18,19)/b16-13-. The molecule has 0 radical (unpaired) electrons. The van der Waals surface area contributed by atoms with E-state index in [1.165, 1.54) is 50.5 Å². The van der Waals surface area contributed by atoms with E-state index in [0.717, 1.165) is 13.0 Å². The minimum Gasteiger partial charge on any atom is -0.352 e. The number of allylic oxidation sites excluding steroid dienone is 2. The maximum absolute atomic E-state index is 11.2. The van der Waals surface area contributed by atoms with Crippen molar-refractivity contribution in [3.05, 3.63) is 23.8 Å². The van der Waals surface area contributed by atoms with Crippen LogP contribution in [0.1, 0.15) is 72.1 Å². The van der Waals surface area contributed by atoms with Crippen LogP contribution in [0, 0.1) is 0 Å². The van der Waals surface area contributed by atoms with Crippen molar-refractivity contribution in [3.63, 3.8) is 0 Å². The van der Waals surface area contributed by atoms with Gasteiger partial charge in [-0.3, -0.25) is 4.79 Å². The summed E-state index contributed by atoms with van der Waals surface area (Å²) in [6.07, 6.45) is 12.2. The second kappa shape index (κ2) is 12.0. The van der Waals surface area contributed by atoms with E-state index in [0.29, 0.717) is 5.57 Å². The molecule has 0 rings (SSSR count). The summed E-state index contributed by atoms with van der Waals surface area (Å²) >= 11 is 0. The van der Waals surface area contributed by atoms with Gasteiger partial charge in [0, 0.05) is 12.1 Å². The molecule has 19 heavy (non-hydrogen) atoms. The van der Waals surface area contributed by atoms with E-state index in [1.807, 2.05) is 0 Å². The van der Waals surface area contributed by atoms with Crippen LogP contribution in [0.25, 0.3) is 0 Å². The first-order valence-corrected chi connectivity index (χ1v) is 7.67. The molecule has 0 bridgehead atoms. The molecule has 2 nitrogen and oxygen atoms in total. The van der Waals surface area contributed by atoms with Crippen LogP contribution in [0.2, 0.25) is 0 Å². The van der Waals surface area contributed by atoms with Crippen molar-refractivity contribution in [2.75, 3.05) is 6.54 Å². The van der Waals surface area contributed by atoms with Gasteiger partial charge >= 0.3 is 0 Å². The molecule has 0 spiro atoms. The fraction of sp³-hybridized carbons (Fsp3) is 0.706. The van der Waals surface area contributed by atoms with Gasteiger partial charge in [0.05, 0.1) is 0 Å². The predicted octanol–water partition coefficient (Wildman–Crippen LogP) is 4.77. The molecule has 0 unspecified atom stereocenters. The summed E-state index contributed by atoms with van der Waals surface area (Å²) in [5.74, 6) is -0.0216. The van der Waals surface area contributed by atoms with Crippen LogP contribution in [-0.2, 0) is 4.79 Å². The molecule has 1 N–H and O–H groups in total. The van der Waals surface area contributed by atoms with Crippen LogP contribution >= 0.6 is 0 Å². The molecule has 0 atom stereocenters. The minimum absolute atomic E-state index is 0.0216. The maximum atomic E-state index is 11.2. The topological polar surface area (TPSA) is 29.1 Å². The summed E-state index contributed by atoms with van der Waals surface area (Å²) in [6.45, 7) is 10.6. The number of amides is 1. The molecular formula is C17H31NO. The van der Waals surface area contributed by atoms with Crippen molar-refractivity contribution < 1.29 is 4.79 Å². The fourth-order valence-electron chi connectivity index (χ4n) is 1.90. The van der Waals surface area contributed by atoms with Crippen LogP contribution < -0.4 is 5.32 Å². The Morgan fingerprint density at radius 2 is 1.84 bits per heavy atom. The third-order valence-corrected chi connectivity index (χ3v) is 3.22. The van der Waals surface area contributed by atoms with E-state index < -0.39 is 0 Å². The molecule has 1 amide bonds. The highest BCUT2D eigenvalue weighted by atomic mass is 16.1. The zero-order chi connectivity index (χ0) is 14.5. The zero-order valence-corrected chi connectivity index (χ0v) is 13.1. The lowest BCUT2D eigenvalue weighted by Crippen LogP contribution is -2.24. The summed E-state index contributed by atoms with van der Waals surface area (Å²) in [5, 5.41) is 2.86. The average molecular weight is 265 g/mol. The number of unbranched alkanes of at least 4 members (excludes halogenated alkanes) is 5. The van der Waals surface area contributed by atoms with Crippen molar-refractivity contribution >= 4 is 5.91 Å². The molecule has 0 aliphatic carbocycles. The quantitative estimate of drug-likeness (QED) is 0.325. The number of hydrogen-bond acceptors (Lipinski definition) is 1. The highest BCUT2D eigenvalue weighted by molar-refractivity contribution is 5.91. The maximum Gasteiger partial charge on any atom is 0.246 e. The van der Waals surface area contributed by atoms with E-state index in [1.54, 1.807) is 6.92 Å². The molecule has 0 aliphatic rings. The van der Waals surface area contributed by atoms with E-state index in [9.17, 15) is 4.79 Å². The third kappa shape index (κ3) is 11.8. The van der Waals surface area contributed by atoms with Gasteiger partial charge in [-0.15, -0.1) is 0 Å². The van der Waals surface area contributed by atoms with Gasteiger partial charge in [0.25, 0.3) is 0 Å². The highest BCUT2D eigenvalue weighted by Crippen LogP contribution is 2.10. The zero-order valence-electron chi connectivity index (χ0n) is 13.1. The van der Waals surface area contributed by atoms with Gasteiger partial charge in [-0.25, -0.2) is 0 Å². The van der Waals surface area contributed by atoms with Crippen LogP contribution in [-0.4, -0.2) is 12.5 Å². The SMILES string of the molecule is C=C(C)C(=O)NCCCCC/C=C(/C)CCCCC. The summed E-state index contributed by atoms with van der Waals surface area (Å²) in [4.78, 5) is 11.2. The Kier molecular flexibility index (Phi) is 11.3. The number of carbonyl (C=O) groups excluding carboxylic acids is 1. The Morgan fingerprint density at radius 3 is 2.47 bits per heavy atom. The first-order chi connectivity index (χ1) is 9.07.